The molecule has 0 aliphatic carbocycles. The van der Waals surface area contributed by atoms with Crippen molar-refractivity contribution >= 4 is 11.2 Å². The second-order valence-corrected chi connectivity index (χ2v) is 6.25. The van der Waals surface area contributed by atoms with E-state index in [4.69, 9.17) is 5.73 Å². The Labute approximate surface area is 127 Å². The summed E-state index contributed by atoms with van der Waals surface area (Å²) in [7, 11) is 0. The summed E-state index contributed by atoms with van der Waals surface area (Å²) in [5.41, 5.74) is 7.08. The van der Waals surface area contributed by atoms with E-state index in [-0.39, 0.29) is 23.2 Å². The molecule has 0 spiro atoms. The minimum atomic E-state index is -0.144. The maximum Gasteiger partial charge on any atom is 0.270 e. The van der Waals surface area contributed by atoms with Crippen molar-refractivity contribution in [1.82, 2.24) is 19.0 Å². The van der Waals surface area contributed by atoms with Crippen LogP contribution in [0.5, 0.6) is 0 Å². The van der Waals surface area contributed by atoms with Crippen LogP contribution in [0.3, 0.4) is 0 Å². The van der Waals surface area contributed by atoms with Crippen LogP contribution in [-0.2, 0) is 6.54 Å². The second kappa shape index (κ2) is 5.03. The highest BCUT2D eigenvalue weighted by molar-refractivity contribution is 5.71. The molecule has 0 amide bonds. The summed E-state index contributed by atoms with van der Waals surface area (Å²) in [5, 5.41) is 0. The molecule has 0 unspecified atom stereocenters. The summed E-state index contributed by atoms with van der Waals surface area (Å²) >= 11 is 0. The predicted octanol–water partition coefficient (Wildman–Crippen LogP) is -0.464. The first-order chi connectivity index (χ1) is 10.6. The Kier molecular flexibility index (Phi) is 3.12. The zero-order valence-electron chi connectivity index (χ0n) is 12.3. The van der Waals surface area contributed by atoms with Gasteiger partial charge in [0.05, 0.1) is 12.2 Å². The third-order valence-electron chi connectivity index (χ3n) is 4.77. The fourth-order valence-corrected chi connectivity index (χ4v) is 3.60. The lowest BCUT2D eigenvalue weighted by atomic mass is 10.1. The smallest absolute Gasteiger partial charge is 0.270 e. The van der Waals surface area contributed by atoms with Crippen molar-refractivity contribution in [1.29, 1.82) is 0 Å². The molecule has 7 nitrogen and oxygen atoms in total. The first kappa shape index (κ1) is 13.7. The van der Waals surface area contributed by atoms with Crippen LogP contribution in [0.2, 0.25) is 0 Å². The van der Waals surface area contributed by atoms with Crippen LogP contribution in [0.25, 0.3) is 11.2 Å². The summed E-state index contributed by atoms with van der Waals surface area (Å²) in [6.07, 6.45) is 3.31. The molecular weight excluding hydrogens is 282 g/mol. The molecule has 22 heavy (non-hydrogen) atoms. The molecular formula is C15H19N5O2. The van der Waals surface area contributed by atoms with Crippen molar-refractivity contribution in [3.05, 3.63) is 39.0 Å². The number of rotatable bonds is 2. The molecule has 2 aromatic rings. The first-order valence-electron chi connectivity index (χ1n) is 7.72. The van der Waals surface area contributed by atoms with Gasteiger partial charge in [0.1, 0.15) is 11.2 Å². The second-order valence-electron chi connectivity index (χ2n) is 6.25. The largest absolute Gasteiger partial charge is 0.328 e. The number of nitrogens with zero attached hydrogens (tertiary/aromatic N) is 4. The lowest BCUT2D eigenvalue weighted by molar-refractivity contribution is 0.183. The van der Waals surface area contributed by atoms with Gasteiger partial charge in [-0.2, -0.15) is 0 Å². The van der Waals surface area contributed by atoms with Crippen molar-refractivity contribution in [2.24, 2.45) is 5.73 Å². The van der Waals surface area contributed by atoms with Crippen molar-refractivity contribution in [2.45, 2.75) is 31.5 Å². The summed E-state index contributed by atoms with van der Waals surface area (Å²) in [6, 6.07) is 3.50. The van der Waals surface area contributed by atoms with Crippen LogP contribution in [-0.4, -0.2) is 44.7 Å². The SMILES string of the molecule is NC1CCN(C[C@@H]2Cn3c(=O)cnc4ccc(=O)n2c43)CC1. The molecule has 1 atom stereocenters. The Bertz CT molecular complexity index is 827. The molecule has 7 heteroatoms. The minimum Gasteiger partial charge on any atom is -0.328 e. The van der Waals surface area contributed by atoms with E-state index in [2.05, 4.69) is 9.88 Å². The summed E-state index contributed by atoms with van der Waals surface area (Å²) in [5.74, 6) is 0. The predicted molar refractivity (Wildman–Crippen MR) is 82.9 cm³/mol. The Morgan fingerprint density at radius 1 is 1.18 bits per heavy atom. The quantitative estimate of drug-likeness (QED) is 0.811. The molecule has 2 aromatic heterocycles. The molecule has 2 aliphatic heterocycles. The number of piperidine rings is 1. The first-order valence-corrected chi connectivity index (χ1v) is 7.72. The van der Waals surface area contributed by atoms with Crippen molar-refractivity contribution in [3.8, 4) is 0 Å². The average molecular weight is 301 g/mol. The molecule has 0 radical (unpaired) electrons. The fourth-order valence-electron chi connectivity index (χ4n) is 3.60. The van der Waals surface area contributed by atoms with Crippen molar-refractivity contribution in [2.75, 3.05) is 19.6 Å². The highest BCUT2D eigenvalue weighted by Crippen LogP contribution is 2.23. The summed E-state index contributed by atoms with van der Waals surface area (Å²) in [6.45, 7) is 3.21. The van der Waals surface area contributed by atoms with Gasteiger partial charge < -0.3 is 10.6 Å². The lowest BCUT2D eigenvalue weighted by Gasteiger charge is -2.32. The van der Waals surface area contributed by atoms with Gasteiger partial charge in [-0.1, -0.05) is 0 Å². The molecule has 0 bridgehead atoms. The molecule has 1 saturated heterocycles. The van der Waals surface area contributed by atoms with Crippen LogP contribution in [0, 0.1) is 0 Å². The third-order valence-corrected chi connectivity index (χ3v) is 4.77. The van der Waals surface area contributed by atoms with Gasteiger partial charge in [-0.15, -0.1) is 0 Å². The Morgan fingerprint density at radius 3 is 2.73 bits per heavy atom. The van der Waals surface area contributed by atoms with E-state index in [1.165, 1.54) is 12.3 Å². The van der Waals surface area contributed by atoms with E-state index in [1.54, 1.807) is 15.2 Å². The molecule has 1 fully saturated rings. The number of nitrogens with two attached hydrogens (primary N) is 1. The zero-order chi connectivity index (χ0) is 15.3. The van der Waals surface area contributed by atoms with Gasteiger partial charge in [-0.25, -0.2) is 4.98 Å². The average Bonchev–Trinajstić information content (AvgIpc) is 2.89. The number of pyridine rings is 1. The Hall–Kier alpha value is -1.99. The van der Waals surface area contributed by atoms with Crippen molar-refractivity contribution in [3.63, 3.8) is 0 Å². The van der Waals surface area contributed by atoms with Crippen LogP contribution >= 0.6 is 0 Å². The van der Waals surface area contributed by atoms with Gasteiger partial charge in [0, 0.05) is 25.2 Å². The number of aromatic nitrogens is 3. The highest BCUT2D eigenvalue weighted by atomic mass is 16.1. The van der Waals surface area contributed by atoms with E-state index in [9.17, 15) is 9.59 Å². The summed E-state index contributed by atoms with van der Waals surface area (Å²) < 4.78 is 3.41. The van der Waals surface area contributed by atoms with Gasteiger partial charge in [-0.05, 0) is 32.0 Å². The summed E-state index contributed by atoms with van der Waals surface area (Å²) in [4.78, 5) is 30.8. The normalized spacial score (nSPS) is 22.5. The number of hydrogen-bond donors (Lipinski definition) is 1. The van der Waals surface area contributed by atoms with E-state index in [0.717, 1.165) is 32.5 Å². The van der Waals surface area contributed by atoms with Crippen LogP contribution < -0.4 is 16.9 Å². The zero-order valence-corrected chi connectivity index (χ0v) is 12.3. The molecule has 116 valence electrons. The van der Waals surface area contributed by atoms with E-state index in [1.807, 2.05) is 0 Å². The maximum absolute atomic E-state index is 12.3. The molecule has 4 rings (SSSR count). The van der Waals surface area contributed by atoms with Gasteiger partial charge in [0.15, 0.2) is 0 Å². The third kappa shape index (κ3) is 2.08. The molecule has 4 heterocycles. The topological polar surface area (TPSA) is 86.2 Å². The molecule has 0 saturated carbocycles. The van der Waals surface area contributed by atoms with Crippen molar-refractivity contribution < 1.29 is 0 Å². The van der Waals surface area contributed by atoms with Gasteiger partial charge in [-0.3, -0.25) is 18.7 Å². The van der Waals surface area contributed by atoms with E-state index < -0.39 is 0 Å². The molecule has 0 aromatic carbocycles. The van der Waals surface area contributed by atoms with Crippen LogP contribution in [0.15, 0.2) is 27.9 Å². The fraction of sp³-hybridized carbons (Fsp3) is 0.533. The monoisotopic (exact) mass is 301 g/mol. The minimum absolute atomic E-state index is 0.0116. The highest BCUT2D eigenvalue weighted by Gasteiger charge is 2.29. The Balaban J connectivity index is 1.71. The van der Waals surface area contributed by atoms with Gasteiger partial charge >= 0.3 is 0 Å². The van der Waals surface area contributed by atoms with Crippen LogP contribution in [0.1, 0.15) is 18.9 Å². The van der Waals surface area contributed by atoms with E-state index in [0.29, 0.717) is 17.7 Å². The molecule has 2 aliphatic rings. The van der Waals surface area contributed by atoms with Gasteiger partial charge in [0.2, 0.25) is 0 Å². The Morgan fingerprint density at radius 2 is 1.95 bits per heavy atom. The molecule has 2 N–H and O–H groups in total. The lowest BCUT2D eigenvalue weighted by Crippen LogP contribution is -2.43. The maximum atomic E-state index is 12.3. The van der Waals surface area contributed by atoms with Crippen LogP contribution in [0.4, 0.5) is 0 Å². The number of hydrogen-bond acceptors (Lipinski definition) is 5. The van der Waals surface area contributed by atoms with Gasteiger partial charge in [0.25, 0.3) is 11.1 Å². The standard InChI is InChI=1S/C15H19N5O2/c16-10-3-5-18(6-4-10)8-11-9-19-14(22)7-17-12-1-2-13(21)20(11)15(12)19/h1-2,7,10-11H,3-6,8-9,16H2/t11-/m1/s1. The number of likely N-dealkylation sites (tertiary alicyclic amines) is 1. The van der Waals surface area contributed by atoms with E-state index >= 15 is 0 Å².